The topological polar surface area (TPSA) is 105 Å². The zero-order valence-corrected chi connectivity index (χ0v) is 19.8. The molecule has 2 aliphatic rings. The van der Waals surface area contributed by atoms with Gasteiger partial charge in [-0.25, -0.2) is 0 Å². The molecule has 0 aliphatic heterocycles. The smallest absolute Gasteiger partial charge is 0.309 e. The van der Waals surface area contributed by atoms with E-state index in [4.69, 9.17) is 14.2 Å². The molecule has 1 saturated carbocycles. The van der Waals surface area contributed by atoms with Crippen molar-refractivity contribution in [3.63, 3.8) is 0 Å². The van der Waals surface area contributed by atoms with Gasteiger partial charge in [-0.1, -0.05) is 42.5 Å². The number of methoxy groups -OCH3 is 3. The first-order chi connectivity index (χ1) is 16.8. The molecule has 7 nitrogen and oxygen atoms in total. The average Bonchev–Trinajstić information content (AvgIpc) is 3.26. The Labute approximate surface area is 203 Å². The number of aliphatic hydroxyl groups excluding tert-OH is 1. The van der Waals surface area contributed by atoms with Crippen LogP contribution in [-0.4, -0.2) is 48.7 Å². The van der Waals surface area contributed by atoms with Crippen molar-refractivity contribution in [1.82, 2.24) is 0 Å². The molecule has 5 rings (SSSR count). The van der Waals surface area contributed by atoms with E-state index in [9.17, 15) is 20.1 Å². The summed E-state index contributed by atoms with van der Waals surface area (Å²) in [6.07, 6.45) is -1.32. The molecule has 5 atom stereocenters. The fourth-order valence-electron chi connectivity index (χ4n) is 6.48. The van der Waals surface area contributed by atoms with Gasteiger partial charge in [-0.2, -0.15) is 0 Å². The maximum absolute atomic E-state index is 12.7. The third kappa shape index (κ3) is 3.01. The summed E-state index contributed by atoms with van der Waals surface area (Å²) >= 11 is 0. The van der Waals surface area contributed by atoms with E-state index in [1.165, 1.54) is 7.11 Å². The zero-order chi connectivity index (χ0) is 25.0. The second-order valence-electron chi connectivity index (χ2n) is 9.20. The highest BCUT2D eigenvalue weighted by Gasteiger charge is 2.75. The second-order valence-corrected chi connectivity index (χ2v) is 9.20. The molecule has 1 fully saturated rings. The minimum absolute atomic E-state index is 0.277. The van der Waals surface area contributed by atoms with Gasteiger partial charge in [-0.05, 0) is 41.3 Å². The number of carboxylic acid groups (broad SMARTS) is 1. The lowest BCUT2D eigenvalue weighted by Crippen LogP contribution is -2.50. The summed E-state index contributed by atoms with van der Waals surface area (Å²) in [6, 6.07) is 20.0. The van der Waals surface area contributed by atoms with Crippen molar-refractivity contribution in [1.29, 1.82) is 0 Å². The monoisotopic (exact) mass is 476 g/mol. The number of rotatable bonds is 6. The van der Waals surface area contributed by atoms with Gasteiger partial charge in [0.15, 0.2) is 0 Å². The standard InChI is InChI=1S/C28H28O7/c1-33-19-11-9-18(10-12-19)27-15-17-13-20(34-2)14-21(35-3)23(17)28(27,32)25(29)22(26(30)31)24(27)16-7-5-4-6-8-16/h4-14,22,24-25,29,32H,15H2,1-3H3,(H,30,31)/t22-,24-,25-,27-,28+/m1/s1. The first kappa shape index (κ1) is 23.2. The molecule has 0 amide bonds. The fraction of sp³-hybridized carbons (Fsp3) is 0.321. The van der Waals surface area contributed by atoms with E-state index in [0.717, 1.165) is 11.1 Å². The van der Waals surface area contributed by atoms with Crippen LogP contribution in [0.2, 0.25) is 0 Å². The van der Waals surface area contributed by atoms with Crippen LogP contribution in [0.25, 0.3) is 0 Å². The van der Waals surface area contributed by atoms with Gasteiger partial charge in [-0.3, -0.25) is 4.79 Å². The highest BCUT2D eigenvalue weighted by molar-refractivity contribution is 5.77. The van der Waals surface area contributed by atoms with Gasteiger partial charge >= 0.3 is 5.97 Å². The quantitative estimate of drug-likeness (QED) is 0.502. The number of aliphatic hydroxyl groups is 2. The van der Waals surface area contributed by atoms with E-state index in [2.05, 4.69) is 0 Å². The van der Waals surface area contributed by atoms with Gasteiger partial charge in [0.25, 0.3) is 0 Å². The van der Waals surface area contributed by atoms with Gasteiger partial charge < -0.3 is 29.5 Å². The number of carbonyl (C=O) groups is 1. The third-order valence-corrected chi connectivity index (χ3v) is 7.85. The van der Waals surface area contributed by atoms with Crippen LogP contribution in [0.1, 0.15) is 28.2 Å². The highest BCUT2D eigenvalue weighted by Crippen LogP contribution is 2.69. The van der Waals surface area contributed by atoms with E-state index in [1.807, 2.05) is 48.5 Å². The van der Waals surface area contributed by atoms with Crippen molar-refractivity contribution in [3.8, 4) is 17.2 Å². The fourth-order valence-corrected chi connectivity index (χ4v) is 6.48. The number of aliphatic carboxylic acids is 1. The molecule has 2 aliphatic carbocycles. The van der Waals surface area contributed by atoms with Crippen molar-refractivity contribution in [2.75, 3.05) is 21.3 Å². The Morgan fingerprint density at radius 3 is 2.14 bits per heavy atom. The Morgan fingerprint density at radius 2 is 1.57 bits per heavy atom. The van der Waals surface area contributed by atoms with Crippen LogP contribution in [0.5, 0.6) is 17.2 Å². The molecule has 3 N–H and O–H groups in total. The van der Waals surface area contributed by atoms with Crippen molar-refractivity contribution < 1.29 is 34.3 Å². The van der Waals surface area contributed by atoms with Gasteiger partial charge in [0, 0.05) is 23.0 Å². The lowest BCUT2D eigenvalue weighted by Gasteiger charge is -2.42. The molecule has 0 bridgehead atoms. The van der Waals surface area contributed by atoms with Gasteiger partial charge in [0.2, 0.25) is 0 Å². The van der Waals surface area contributed by atoms with Gasteiger partial charge in [0.05, 0.1) is 27.2 Å². The summed E-state index contributed by atoms with van der Waals surface area (Å²) < 4.78 is 16.5. The minimum atomic E-state index is -1.95. The summed E-state index contributed by atoms with van der Waals surface area (Å²) in [6.45, 7) is 0. The molecule has 0 saturated heterocycles. The maximum atomic E-state index is 12.7. The molecular weight excluding hydrogens is 448 g/mol. The molecule has 0 spiro atoms. The normalized spacial score (nSPS) is 28.8. The van der Waals surface area contributed by atoms with Crippen molar-refractivity contribution in [2.45, 2.75) is 29.5 Å². The summed E-state index contributed by atoms with van der Waals surface area (Å²) in [5.41, 5.74) is -0.584. The Hall–Kier alpha value is -3.55. The van der Waals surface area contributed by atoms with Crippen LogP contribution in [0.3, 0.4) is 0 Å². The van der Waals surface area contributed by atoms with Crippen molar-refractivity contribution >= 4 is 5.97 Å². The predicted octanol–water partition coefficient (Wildman–Crippen LogP) is 3.25. The Morgan fingerprint density at radius 1 is 0.914 bits per heavy atom. The van der Waals surface area contributed by atoms with E-state index in [0.29, 0.717) is 28.4 Å². The van der Waals surface area contributed by atoms with E-state index in [1.54, 1.807) is 32.4 Å². The summed E-state index contributed by atoms with van der Waals surface area (Å²) in [7, 11) is 4.60. The van der Waals surface area contributed by atoms with Crippen molar-refractivity contribution in [3.05, 3.63) is 89.0 Å². The lowest BCUT2D eigenvalue weighted by molar-refractivity contribution is -0.151. The van der Waals surface area contributed by atoms with Crippen LogP contribution < -0.4 is 14.2 Å². The SMILES string of the molecule is COc1ccc([C@@]23Cc4cc(OC)cc(OC)c4[C@]2(O)[C@H](O)[C@H](C(=O)O)[C@H]3c2ccccc2)cc1. The largest absolute Gasteiger partial charge is 0.497 e. The van der Waals surface area contributed by atoms with E-state index < -0.39 is 34.9 Å². The first-order valence-electron chi connectivity index (χ1n) is 11.4. The first-order valence-corrected chi connectivity index (χ1v) is 11.4. The average molecular weight is 477 g/mol. The van der Waals surface area contributed by atoms with E-state index >= 15 is 0 Å². The molecule has 0 aromatic heterocycles. The molecule has 3 aromatic carbocycles. The van der Waals surface area contributed by atoms with Crippen LogP contribution in [0, 0.1) is 5.92 Å². The molecule has 35 heavy (non-hydrogen) atoms. The van der Waals surface area contributed by atoms with Crippen LogP contribution >= 0.6 is 0 Å². The molecule has 7 heteroatoms. The number of hydrogen-bond acceptors (Lipinski definition) is 6. The second kappa shape index (κ2) is 8.29. The van der Waals surface area contributed by atoms with Crippen molar-refractivity contribution in [2.24, 2.45) is 5.92 Å². The van der Waals surface area contributed by atoms with Crippen LogP contribution in [0.4, 0.5) is 0 Å². The molecular formula is C28H28O7. The highest BCUT2D eigenvalue weighted by atomic mass is 16.5. The van der Waals surface area contributed by atoms with Gasteiger partial charge in [-0.15, -0.1) is 0 Å². The zero-order valence-electron chi connectivity index (χ0n) is 19.8. The molecule has 0 heterocycles. The number of ether oxygens (including phenoxy) is 3. The van der Waals surface area contributed by atoms with Crippen LogP contribution in [-0.2, 0) is 22.2 Å². The Balaban J connectivity index is 1.88. The third-order valence-electron chi connectivity index (χ3n) is 7.85. The number of carboxylic acids is 1. The maximum Gasteiger partial charge on any atom is 0.309 e. The molecule has 3 aromatic rings. The molecule has 182 valence electrons. The van der Waals surface area contributed by atoms with Gasteiger partial charge in [0.1, 0.15) is 29.0 Å². The summed E-state index contributed by atoms with van der Waals surface area (Å²) in [5, 5.41) is 34.7. The minimum Gasteiger partial charge on any atom is -0.497 e. The van der Waals surface area contributed by atoms with E-state index in [-0.39, 0.29) is 6.42 Å². The summed E-state index contributed by atoms with van der Waals surface area (Å²) in [5.74, 6) is -1.64. The predicted molar refractivity (Wildman–Crippen MR) is 128 cm³/mol. The Kier molecular flexibility index (Phi) is 5.49. The van der Waals surface area contributed by atoms with Crippen LogP contribution in [0.15, 0.2) is 66.7 Å². The number of benzene rings is 3. The Bertz CT molecular complexity index is 1260. The number of hydrogen-bond donors (Lipinski definition) is 3. The molecule has 0 radical (unpaired) electrons. The number of fused-ring (bicyclic) bond motifs is 3. The summed E-state index contributed by atoms with van der Waals surface area (Å²) in [4.78, 5) is 12.7. The lowest BCUT2D eigenvalue weighted by atomic mass is 9.62. The molecule has 0 unspecified atom stereocenters.